The van der Waals surface area contributed by atoms with Crippen molar-refractivity contribution in [3.63, 3.8) is 0 Å². The van der Waals surface area contributed by atoms with Crippen LogP contribution in [-0.4, -0.2) is 51.2 Å². The second-order valence-electron chi connectivity index (χ2n) is 6.25. The van der Waals surface area contributed by atoms with Gasteiger partial charge in [0.15, 0.2) is 6.10 Å². The van der Waals surface area contributed by atoms with E-state index in [0.29, 0.717) is 29.5 Å². The van der Waals surface area contributed by atoms with E-state index in [1.165, 1.54) is 4.31 Å². The summed E-state index contributed by atoms with van der Waals surface area (Å²) in [4.78, 5) is 14.6. The summed E-state index contributed by atoms with van der Waals surface area (Å²) < 4.78 is 31.3. The number of nitrogens with zero attached hydrogens (tertiary/aromatic N) is 2. The second-order valence-corrected chi connectivity index (χ2v) is 8.60. The van der Waals surface area contributed by atoms with Gasteiger partial charge in [0.25, 0.3) is 5.91 Å². The molecule has 2 aliphatic heterocycles. The minimum absolute atomic E-state index is 0.0263. The van der Waals surface area contributed by atoms with Crippen molar-refractivity contribution in [3.05, 3.63) is 23.2 Å². The molecule has 6 nitrogen and oxygen atoms in total. The van der Waals surface area contributed by atoms with Gasteiger partial charge in [-0.1, -0.05) is 24.4 Å². The molecule has 0 aromatic heterocycles. The molecule has 1 amide bonds. The van der Waals surface area contributed by atoms with Crippen molar-refractivity contribution in [1.82, 2.24) is 4.90 Å². The molecule has 0 radical (unpaired) electrons. The Morgan fingerprint density at radius 1 is 1.21 bits per heavy atom. The molecule has 0 bridgehead atoms. The molecule has 1 unspecified atom stereocenters. The van der Waals surface area contributed by atoms with Gasteiger partial charge in [0, 0.05) is 18.1 Å². The minimum Gasteiger partial charge on any atom is -0.476 e. The second kappa shape index (κ2) is 6.80. The van der Waals surface area contributed by atoms with E-state index in [9.17, 15) is 13.2 Å². The van der Waals surface area contributed by atoms with Crippen LogP contribution < -0.4 is 9.04 Å². The maximum absolute atomic E-state index is 12.8. The highest BCUT2D eigenvalue weighted by Gasteiger charge is 2.37. The number of hydrogen-bond donors (Lipinski definition) is 0. The molecule has 8 heteroatoms. The van der Waals surface area contributed by atoms with Crippen molar-refractivity contribution < 1.29 is 17.9 Å². The molecular weight excluding hydrogens is 352 g/mol. The summed E-state index contributed by atoms with van der Waals surface area (Å²) in [5.41, 5.74) is 0.380. The van der Waals surface area contributed by atoms with Crippen LogP contribution in [0.5, 0.6) is 5.75 Å². The molecule has 1 saturated heterocycles. The quantitative estimate of drug-likeness (QED) is 0.798. The Balaban J connectivity index is 1.89. The summed E-state index contributed by atoms with van der Waals surface area (Å²) in [6.07, 6.45) is 4.47. The normalized spacial score (nSPS) is 21.7. The monoisotopic (exact) mass is 372 g/mol. The van der Waals surface area contributed by atoms with Gasteiger partial charge in [0.2, 0.25) is 10.0 Å². The average molecular weight is 373 g/mol. The molecule has 0 aliphatic carbocycles. The van der Waals surface area contributed by atoms with E-state index in [1.807, 2.05) is 0 Å². The van der Waals surface area contributed by atoms with Crippen molar-refractivity contribution in [2.45, 2.75) is 31.8 Å². The third-order valence-electron chi connectivity index (χ3n) is 4.38. The molecule has 24 heavy (non-hydrogen) atoms. The lowest BCUT2D eigenvalue weighted by Crippen LogP contribution is -2.51. The van der Waals surface area contributed by atoms with Crippen LogP contribution in [-0.2, 0) is 14.8 Å². The highest BCUT2D eigenvalue weighted by molar-refractivity contribution is 7.92. The Bertz CT molecular complexity index is 730. The van der Waals surface area contributed by atoms with E-state index >= 15 is 0 Å². The van der Waals surface area contributed by atoms with Crippen LogP contribution in [0.4, 0.5) is 5.69 Å². The van der Waals surface area contributed by atoms with E-state index in [4.69, 9.17) is 16.3 Å². The van der Waals surface area contributed by atoms with Crippen LogP contribution in [0.2, 0.25) is 5.02 Å². The number of benzene rings is 1. The molecule has 0 spiro atoms. The maximum atomic E-state index is 12.8. The molecule has 0 N–H and O–H groups in total. The zero-order valence-electron chi connectivity index (χ0n) is 13.6. The molecule has 0 saturated carbocycles. The van der Waals surface area contributed by atoms with Gasteiger partial charge in [-0.25, -0.2) is 8.42 Å². The molecule has 132 valence electrons. The van der Waals surface area contributed by atoms with Crippen molar-refractivity contribution in [2.75, 3.05) is 30.2 Å². The van der Waals surface area contributed by atoms with E-state index in [1.54, 1.807) is 23.1 Å². The summed E-state index contributed by atoms with van der Waals surface area (Å²) in [6, 6.07) is 4.78. The van der Waals surface area contributed by atoms with E-state index in [0.717, 1.165) is 31.9 Å². The van der Waals surface area contributed by atoms with Crippen molar-refractivity contribution >= 4 is 33.2 Å². The lowest BCUT2D eigenvalue weighted by atomic mass is 10.2. The number of halogens is 1. The fraction of sp³-hybridized carbons (Fsp3) is 0.562. The molecule has 1 atom stereocenters. The largest absolute Gasteiger partial charge is 0.476 e. The van der Waals surface area contributed by atoms with Crippen molar-refractivity contribution in [3.8, 4) is 5.75 Å². The molecular formula is C16H21ClN2O4S. The van der Waals surface area contributed by atoms with Gasteiger partial charge >= 0.3 is 0 Å². The van der Waals surface area contributed by atoms with Crippen LogP contribution >= 0.6 is 11.6 Å². The first-order valence-electron chi connectivity index (χ1n) is 8.09. The fourth-order valence-electron chi connectivity index (χ4n) is 3.16. The zero-order chi connectivity index (χ0) is 17.3. The zero-order valence-corrected chi connectivity index (χ0v) is 15.1. The third-order valence-corrected chi connectivity index (χ3v) is 5.77. The predicted molar refractivity (Wildman–Crippen MR) is 93.1 cm³/mol. The van der Waals surface area contributed by atoms with Gasteiger partial charge in [-0.05, 0) is 31.0 Å². The SMILES string of the molecule is CS(=O)(=O)N1CC(C(=O)N2CCCCCC2)Oc2ccc(Cl)cc21. The number of likely N-dealkylation sites (tertiary alicyclic amines) is 1. The molecule has 1 aromatic rings. The van der Waals surface area contributed by atoms with Gasteiger partial charge in [0.05, 0.1) is 18.5 Å². The Kier molecular flexibility index (Phi) is 4.92. The summed E-state index contributed by atoms with van der Waals surface area (Å²) in [5, 5.41) is 0.420. The summed E-state index contributed by atoms with van der Waals surface area (Å²) in [6.45, 7) is 1.37. The maximum Gasteiger partial charge on any atom is 0.265 e. The number of carbonyl (C=O) groups excluding carboxylic acids is 1. The summed E-state index contributed by atoms with van der Waals surface area (Å²) in [7, 11) is -3.54. The number of ether oxygens (including phenoxy) is 1. The number of amides is 1. The van der Waals surface area contributed by atoms with Gasteiger partial charge in [-0.15, -0.1) is 0 Å². The van der Waals surface area contributed by atoms with E-state index in [2.05, 4.69) is 0 Å². The minimum atomic E-state index is -3.54. The van der Waals surface area contributed by atoms with Gasteiger partial charge in [0.1, 0.15) is 5.75 Å². The Hall–Kier alpha value is -1.47. The Morgan fingerprint density at radius 3 is 2.50 bits per heavy atom. The Morgan fingerprint density at radius 2 is 1.88 bits per heavy atom. The van der Waals surface area contributed by atoms with Gasteiger partial charge in [-0.2, -0.15) is 0 Å². The number of anilines is 1. The number of carbonyl (C=O) groups is 1. The number of rotatable bonds is 2. The Labute approximate surface area is 147 Å². The number of hydrogen-bond acceptors (Lipinski definition) is 4. The lowest BCUT2D eigenvalue weighted by Gasteiger charge is -2.36. The van der Waals surface area contributed by atoms with Crippen molar-refractivity contribution in [1.29, 1.82) is 0 Å². The summed E-state index contributed by atoms with van der Waals surface area (Å²) >= 11 is 5.98. The molecule has 1 aromatic carbocycles. The first-order valence-corrected chi connectivity index (χ1v) is 10.3. The first-order chi connectivity index (χ1) is 11.4. The summed E-state index contributed by atoms with van der Waals surface area (Å²) in [5.74, 6) is 0.218. The number of fused-ring (bicyclic) bond motifs is 1. The van der Waals surface area contributed by atoms with E-state index < -0.39 is 16.1 Å². The smallest absolute Gasteiger partial charge is 0.265 e. The topological polar surface area (TPSA) is 66.9 Å². The predicted octanol–water partition coefficient (Wildman–Crippen LogP) is 2.27. The molecule has 3 rings (SSSR count). The first kappa shape index (κ1) is 17.4. The van der Waals surface area contributed by atoms with Crippen LogP contribution in [0.1, 0.15) is 25.7 Å². The van der Waals surface area contributed by atoms with Crippen LogP contribution in [0, 0.1) is 0 Å². The third kappa shape index (κ3) is 3.62. The van der Waals surface area contributed by atoms with Gasteiger partial charge < -0.3 is 9.64 Å². The standard InChI is InChI=1S/C16H21ClN2O4S/c1-24(21,22)19-11-15(16(20)18-8-4-2-3-5-9-18)23-14-7-6-12(17)10-13(14)19/h6-7,10,15H,2-5,8-9,11H2,1H3. The molecule has 2 heterocycles. The highest BCUT2D eigenvalue weighted by Crippen LogP contribution is 2.37. The van der Waals surface area contributed by atoms with Crippen LogP contribution in [0.25, 0.3) is 0 Å². The molecule has 2 aliphatic rings. The van der Waals surface area contributed by atoms with Crippen LogP contribution in [0.3, 0.4) is 0 Å². The van der Waals surface area contributed by atoms with E-state index in [-0.39, 0.29) is 12.5 Å². The molecule has 1 fully saturated rings. The fourth-order valence-corrected chi connectivity index (χ4v) is 4.23. The van der Waals surface area contributed by atoms with Gasteiger partial charge in [-0.3, -0.25) is 9.10 Å². The lowest BCUT2D eigenvalue weighted by molar-refractivity contribution is -0.138. The number of sulfonamides is 1. The van der Waals surface area contributed by atoms with Crippen LogP contribution in [0.15, 0.2) is 18.2 Å². The average Bonchev–Trinajstić information content (AvgIpc) is 2.81. The highest BCUT2D eigenvalue weighted by atomic mass is 35.5. The van der Waals surface area contributed by atoms with Crippen molar-refractivity contribution in [2.24, 2.45) is 0 Å².